The standard InChI is InChI=1S/C20H17ClF2N2O4S2/c1-12(18-11-24-19(30-18)8-9-20(26)27)25(17-10-14(22)4-7-16(17)23)31(28,29)15-5-2-13(21)3-6-15/h2-7,10-12H,8-9H2,1H3,(H,26,27). The van der Waals surface area contributed by atoms with E-state index in [0.29, 0.717) is 14.9 Å². The molecule has 1 N–H and O–H groups in total. The number of benzene rings is 2. The third kappa shape index (κ3) is 5.20. The third-order valence-corrected chi connectivity index (χ3v) is 7.78. The van der Waals surface area contributed by atoms with Gasteiger partial charge in [-0.3, -0.25) is 9.10 Å². The van der Waals surface area contributed by atoms with Gasteiger partial charge in [0.2, 0.25) is 0 Å². The van der Waals surface area contributed by atoms with Gasteiger partial charge in [0, 0.05) is 28.6 Å². The van der Waals surface area contributed by atoms with Gasteiger partial charge in [0.1, 0.15) is 11.6 Å². The highest BCUT2D eigenvalue weighted by atomic mass is 35.5. The van der Waals surface area contributed by atoms with E-state index in [4.69, 9.17) is 16.7 Å². The van der Waals surface area contributed by atoms with Crippen LogP contribution in [-0.4, -0.2) is 24.5 Å². The number of thiazole rings is 1. The highest BCUT2D eigenvalue weighted by Gasteiger charge is 2.33. The van der Waals surface area contributed by atoms with Crippen molar-refractivity contribution in [3.05, 3.63) is 75.2 Å². The molecule has 3 aromatic rings. The number of hydrogen-bond acceptors (Lipinski definition) is 5. The quantitative estimate of drug-likeness (QED) is 0.481. The maximum atomic E-state index is 14.6. The molecule has 0 amide bonds. The number of sulfonamides is 1. The van der Waals surface area contributed by atoms with Crippen molar-refractivity contribution in [2.24, 2.45) is 0 Å². The summed E-state index contributed by atoms with van der Waals surface area (Å²) in [6, 6.07) is 6.93. The number of carbonyl (C=O) groups is 1. The molecule has 0 bridgehead atoms. The third-order valence-electron chi connectivity index (χ3n) is 4.40. The Morgan fingerprint density at radius 1 is 1.23 bits per heavy atom. The first-order valence-electron chi connectivity index (χ1n) is 9.01. The van der Waals surface area contributed by atoms with Crippen LogP contribution < -0.4 is 4.31 Å². The number of rotatable bonds is 8. The predicted molar refractivity (Wildman–Crippen MR) is 114 cm³/mol. The van der Waals surface area contributed by atoms with E-state index in [0.717, 1.165) is 33.8 Å². The number of carboxylic acid groups (broad SMARTS) is 1. The van der Waals surface area contributed by atoms with E-state index >= 15 is 0 Å². The van der Waals surface area contributed by atoms with Crippen molar-refractivity contribution >= 4 is 44.6 Å². The lowest BCUT2D eigenvalue weighted by molar-refractivity contribution is -0.136. The van der Waals surface area contributed by atoms with E-state index in [1.807, 2.05) is 0 Å². The second-order valence-corrected chi connectivity index (χ2v) is 9.97. The lowest BCUT2D eigenvalue weighted by Crippen LogP contribution is -2.34. The summed E-state index contributed by atoms with van der Waals surface area (Å²) >= 11 is 6.96. The van der Waals surface area contributed by atoms with Gasteiger partial charge < -0.3 is 5.11 Å². The normalized spacial score (nSPS) is 12.5. The monoisotopic (exact) mass is 486 g/mol. The highest BCUT2D eigenvalue weighted by Crippen LogP contribution is 2.37. The van der Waals surface area contributed by atoms with Crippen LogP contribution in [-0.2, 0) is 21.2 Å². The van der Waals surface area contributed by atoms with Crippen LogP contribution in [0, 0.1) is 11.6 Å². The molecule has 1 atom stereocenters. The maximum Gasteiger partial charge on any atom is 0.303 e. The number of anilines is 1. The summed E-state index contributed by atoms with van der Waals surface area (Å²) in [5.41, 5.74) is -0.456. The van der Waals surface area contributed by atoms with Crippen molar-refractivity contribution in [3.63, 3.8) is 0 Å². The molecule has 0 aliphatic heterocycles. The Morgan fingerprint density at radius 3 is 2.55 bits per heavy atom. The van der Waals surface area contributed by atoms with Gasteiger partial charge in [-0.15, -0.1) is 11.3 Å². The molecule has 2 aromatic carbocycles. The summed E-state index contributed by atoms with van der Waals surface area (Å²) in [7, 11) is -4.32. The molecule has 0 aliphatic carbocycles. The summed E-state index contributed by atoms with van der Waals surface area (Å²) in [6.07, 6.45) is 1.45. The second kappa shape index (κ2) is 9.29. The summed E-state index contributed by atoms with van der Waals surface area (Å²) in [4.78, 5) is 15.2. The fraction of sp³-hybridized carbons (Fsp3) is 0.200. The molecular weight excluding hydrogens is 470 g/mol. The minimum Gasteiger partial charge on any atom is -0.481 e. The van der Waals surface area contributed by atoms with Crippen LogP contribution in [0.1, 0.15) is 29.3 Å². The zero-order valence-electron chi connectivity index (χ0n) is 16.1. The lowest BCUT2D eigenvalue weighted by Gasteiger charge is -2.30. The Balaban J connectivity index is 2.09. The average Bonchev–Trinajstić information content (AvgIpc) is 3.18. The van der Waals surface area contributed by atoms with Gasteiger partial charge in [0.05, 0.1) is 28.1 Å². The van der Waals surface area contributed by atoms with Crippen LogP contribution in [0.4, 0.5) is 14.5 Å². The van der Waals surface area contributed by atoms with Gasteiger partial charge in [0.25, 0.3) is 10.0 Å². The summed E-state index contributed by atoms with van der Waals surface area (Å²) < 4.78 is 56.3. The largest absolute Gasteiger partial charge is 0.481 e. The molecule has 6 nitrogen and oxygen atoms in total. The van der Waals surface area contributed by atoms with Crippen molar-refractivity contribution in [2.45, 2.75) is 30.7 Å². The average molecular weight is 487 g/mol. The molecule has 1 heterocycles. The van der Waals surface area contributed by atoms with E-state index < -0.39 is 39.4 Å². The highest BCUT2D eigenvalue weighted by molar-refractivity contribution is 7.92. The Morgan fingerprint density at radius 2 is 1.90 bits per heavy atom. The van der Waals surface area contributed by atoms with Crippen LogP contribution in [0.25, 0.3) is 0 Å². The van der Waals surface area contributed by atoms with Gasteiger partial charge >= 0.3 is 5.97 Å². The van der Waals surface area contributed by atoms with Crippen LogP contribution >= 0.6 is 22.9 Å². The molecule has 0 aliphatic rings. The molecule has 0 saturated carbocycles. The minimum absolute atomic E-state index is 0.132. The Labute approximate surface area is 186 Å². The molecular formula is C20H17ClF2N2O4S2. The van der Waals surface area contributed by atoms with Crippen LogP contribution in [0.2, 0.25) is 5.02 Å². The molecule has 1 unspecified atom stereocenters. The lowest BCUT2D eigenvalue weighted by atomic mass is 10.2. The van der Waals surface area contributed by atoms with Crippen molar-refractivity contribution in [3.8, 4) is 0 Å². The van der Waals surface area contributed by atoms with Crippen molar-refractivity contribution < 1.29 is 27.1 Å². The molecule has 0 radical (unpaired) electrons. The molecule has 0 fully saturated rings. The van der Waals surface area contributed by atoms with E-state index in [1.165, 1.54) is 37.4 Å². The van der Waals surface area contributed by atoms with Crippen molar-refractivity contribution in [1.82, 2.24) is 4.98 Å². The smallest absolute Gasteiger partial charge is 0.303 e. The number of hydrogen-bond donors (Lipinski definition) is 1. The Kier molecular flexibility index (Phi) is 6.93. The van der Waals surface area contributed by atoms with E-state index in [2.05, 4.69) is 4.98 Å². The molecule has 31 heavy (non-hydrogen) atoms. The number of aromatic nitrogens is 1. The van der Waals surface area contributed by atoms with E-state index in [-0.39, 0.29) is 17.7 Å². The summed E-state index contributed by atoms with van der Waals surface area (Å²) in [5.74, 6) is -2.70. The number of nitrogens with zero attached hydrogens (tertiary/aromatic N) is 2. The van der Waals surface area contributed by atoms with Crippen LogP contribution in [0.3, 0.4) is 0 Å². The first kappa shape index (κ1) is 23.1. The molecule has 0 spiro atoms. The fourth-order valence-electron chi connectivity index (χ4n) is 2.88. The van der Waals surface area contributed by atoms with Gasteiger partial charge in [-0.1, -0.05) is 11.6 Å². The van der Waals surface area contributed by atoms with E-state index in [1.54, 1.807) is 0 Å². The van der Waals surface area contributed by atoms with Crippen molar-refractivity contribution in [2.75, 3.05) is 4.31 Å². The number of aryl methyl sites for hydroxylation is 1. The van der Waals surface area contributed by atoms with Gasteiger partial charge in [-0.25, -0.2) is 22.2 Å². The number of aliphatic carboxylic acids is 1. The van der Waals surface area contributed by atoms with Crippen LogP contribution in [0.15, 0.2) is 53.6 Å². The molecule has 11 heteroatoms. The number of carboxylic acids is 1. The zero-order chi connectivity index (χ0) is 22.8. The topological polar surface area (TPSA) is 87.6 Å². The van der Waals surface area contributed by atoms with Gasteiger partial charge in [-0.2, -0.15) is 0 Å². The Bertz CT molecular complexity index is 1200. The summed E-state index contributed by atoms with van der Waals surface area (Å²) in [6.45, 7) is 1.52. The molecule has 164 valence electrons. The first-order chi connectivity index (χ1) is 14.6. The van der Waals surface area contributed by atoms with Crippen molar-refractivity contribution in [1.29, 1.82) is 0 Å². The van der Waals surface area contributed by atoms with Gasteiger partial charge in [-0.05, 0) is 43.3 Å². The second-order valence-electron chi connectivity index (χ2n) is 6.58. The zero-order valence-corrected chi connectivity index (χ0v) is 18.5. The fourth-order valence-corrected chi connectivity index (χ4v) is 5.68. The minimum atomic E-state index is -4.32. The SMILES string of the molecule is CC(c1cnc(CCC(=O)O)s1)N(c1cc(F)ccc1F)S(=O)(=O)c1ccc(Cl)cc1. The summed E-state index contributed by atoms with van der Waals surface area (Å²) in [5, 5.41) is 9.65. The maximum absolute atomic E-state index is 14.6. The van der Waals surface area contributed by atoms with E-state index in [9.17, 15) is 22.0 Å². The number of halogens is 3. The molecule has 0 saturated heterocycles. The predicted octanol–water partition coefficient (Wildman–Crippen LogP) is 5.05. The van der Waals surface area contributed by atoms with Crippen LogP contribution in [0.5, 0.6) is 0 Å². The first-order valence-corrected chi connectivity index (χ1v) is 11.6. The molecule has 3 rings (SSSR count). The Hall–Kier alpha value is -2.56. The van der Waals surface area contributed by atoms with Gasteiger partial charge in [0.15, 0.2) is 0 Å². The molecule has 1 aromatic heterocycles.